The Morgan fingerprint density at radius 2 is 1.58 bits per heavy atom. The van der Waals surface area contributed by atoms with E-state index in [-0.39, 0.29) is 0 Å². The first-order chi connectivity index (χ1) is 17.7. The lowest BCUT2D eigenvalue weighted by Crippen LogP contribution is -2.35. The topological polar surface area (TPSA) is 51.0 Å². The quantitative estimate of drug-likeness (QED) is 0.302. The highest BCUT2D eigenvalue weighted by molar-refractivity contribution is 5.86. The van der Waals surface area contributed by atoms with Crippen LogP contribution in [0, 0.1) is 0 Å². The Hall–Kier alpha value is -2.98. The highest BCUT2D eigenvalue weighted by atomic mass is 16.5. The number of fused-ring (bicyclic) bond motifs is 1. The van der Waals surface area contributed by atoms with E-state index in [0.717, 1.165) is 17.3 Å². The van der Waals surface area contributed by atoms with Crippen LogP contribution in [0.1, 0.15) is 99.6 Å². The van der Waals surface area contributed by atoms with E-state index in [4.69, 9.17) is 9.51 Å². The average Bonchev–Trinajstić information content (AvgIpc) is 3.44. The number of benzene rings is 3. The predicted molar refractivity (Wildman–Crippen MR) is 146 cm³/mol. The summed E-state index contributed by atoms with van der Waals surface area (Å²) in [5, 5.41) is 10.9. The number of hydrogen-bond acceptors (Lipinski definition) is 4. The van der Waals surface area contributed by atoms with Gasteiger partial charge in [0.1, 0.15) is 0 Å². The van der Waals surface area contributed by atoms with Crippen molar-refractivity contribution in [3.8, 4) is 11.4 Å². The van der Waals surface area contributed by atoms with E-state index in [2.05, 4.69) is 84.1 Å². The van der Waals surface area contributed by atoms with Crippen molar-refractivity contribution in [2.45, 2.75) is 88.6 Å². The number of rotatable bonds is 6. The number of nitrogens with one attached hydrogen (secondary N) is 1. The number of hydrogen-bond donors (Lipinski definition) is 1. The molecule has 6 rings (SSSR count). The normalized spacial score (nSPS) is 22.0. The van der Waals surface area contributed by atoms with Gasteiger partial charge in [-0.25, -0.2) is 0 Å². The van der Waals surface area contributed by atoms with Gasteiger partial charge in [0.05, 0.1) is 0 Å². The molecule has 0 bridgehead atoms. The molecular weight excluding hydrogens is 442 g/mol. The molecule has 3 atom stereocenters. The Labute approximate surface area is 214 Å². The van der Waals surface area contributed by atoms with Crippen LogP contribution in [0.2, 0.25) is 0 Å². The van der Waals surface area contributed by atoms with Crippen LogP contribution >= 0.6 is 0 Å². The zero-order chi connectivity index (χ0) is 24.3. The van der Waals surface area contributed by atoms with Crippen LogP contribution in [0.4, 0.5) is 0 Å². The summed E-state index contributed by atoms with van der Waals surface area (Å²) in [6.07, 6.45) is 11.2. The second kappa shape index (κ2) is 10.6. The summed E-state index contributed by atoms with van der Waals surface area (Å²) in [5.74, 6) is 2.60. The van der Waals surface area contributed by atoms with E-state index >= 15 is 0 Å². The largest absolute Gasteiger partial charge is 0.339 e. The van der Waals surface area contributed by atoms with Crippen molar-refractivity contribution < 1.29 is 4.52 Å². The molecule has 1 heterocycles. The Morgan fingerprint density at radius 3 is 2.44 bits per heavy atom. The molecule has 0 spiro atoms. The summed E-state index contributed by atoms with van der Waals surface area (Å²) in [7, 11) is 0. The van der Waals surface area contributed by atoms with Crippen molar-refractivity contribution in [3.63, 3.8) is 0 Å². The van der Waals surface area contributed by atoms with Gasteiger partial charge < -0.3 is 9.84 Å². The van der Waals surface area contributed by atoms with E-state index in [1.165, 1.54) is 79.7 Å². The summed E-state index contributed by atoms with van der Waals surface area (Å²) in [4.78, 5) is 4.75. The van der Waals surface area contributed by atoms with E-state index < -0.39 is 0 Å². The second-order valence-electron chi connectivity index (χ2n) is 10.9. The lowest BCUT2D eigenvalue weighted by atomic mass is 9.80. The van der Waals surface area contributed by atoms with Gasteiger partial charge >= 0.3 is 0 Å². The maximum absolute atomic E-state index is 5.65. The molecule has 4 heteroatoms. The number of nitrogens with zero attached hydrogens (tertiary/aromatic N) is 2. The van der Waals surface area contributed by atoms with Gasteiger partial charge in [0.15, 0.2) is 0 Å². The molecule has 0 amide bonds. The molecule has 4 nitrogen and oxygen atoms in total. The molecule has 1 N–H and O–H groups in total. The maximum Gasteiger partial charge on any atom is 0.230 e. The highest BCUT2D eigenvalue weighted by Crippen LogP contribution is 2.36. The fourth-order valence-corrected chi connectivity index (χ4v) is 6.49. The van der Waals surface area contributed by atoms with E-state index in [1.807, 2.05) is 0 Å². The smallest absolute Gasteiger partial charge is 0.230 e. The first kappa shape index (κ1) is 23.4. The molecule has 4 aromatic rings. The van der Waals surface area contributed by atoms with Crippen molar-refractivity contribution in [2.24, 2.45) is 0 Å². The van der Waals surface area contributed by atoms with Crippen LogP contribution < -0.4 is 5.32 Å². The maximum atomic E-state index is 5.65. The summed E-state index contributed by atoms with van der Waals surface area (Å²) in [6.45, 7) is 2.31. The van der Waals surface area contributed by atoms with Crippen LogP contribution in [-0.2, 0) is 0 Å². The van der Waals surface area contributed by atoms with Gasteiger partial charge in [-0.1, -0.05) is 97.6 Å². The van der Waals surface area contributed by atoms with Gasteiger partial charge in [-0.2, -0.15) is 4.98 Å². The zero-order valence-corrected chi connectivity index (χ0v) is 21.3. The van der Waals surface area contributed by atoms with Gasteiger partial charge in [-0.15, -0.1) is 0 Å². The van der Waals surface area contributed by atoms with Gasteiger partial charge in [0, 0.05) is 23.6 Å². The molecule has 36 heavy (non-hydrogen) atoms. The van der Waals surface area contributed by atoms with Gasteiger partial charge in [-0.05, 0) is 66.8 Å². The summed E-state index contributed by atoms with van der Waals surface area (Å²) in [6, 6.07) is 25.2. The van der Waals surface area contributed by atoms with Crippen LogP contribution in [0.25, 0.3) is 22.2 Å². The van der Waals surface area contributed by atoms with Crippen LogP contribution in [0.3, 0.4) is 0 Å². The second-order valence-corrected chi connectivity index (χ2v) is 10.9. The molecule has 0 radical (unpaired) electrons. The third-order valence-electron chi connectivity index (χ3n) is 8.49. The molecule has 2 saturated carbocycles. The monoisotopic (exact) mass is 479 g/mol. The van der Waals surface area contributed by atoms with Crippen molar-refractivity contribution in [1.82, 2.24) is 15.5 Å². The third kappa shape index (κ3) is 4.97. The minimum atomic E-state index is 0.332. The fourth-order valence-electron chi connectivity index (χ4n) is 6.49. The van der Waals surface area contributed by atoms with Crippen molar-refractivity contribution in [1.29, 1.82) is 0 Å². The standard InChI is InChI=1S/C32H37N3O/c1-22(29-16-8-12-24-9-5-6-15-30(24)29)33-28-14-7-13-27(21-28)23-17-19-25(20-18-23)31-34-32(36-35-31)26-10-3-2-4-11-26/h5-6,8-9,12,15-20,22,26-28,33H,2-4,7,10-11,13-14,21H2,1H3/t22-,27+,28+/m1/s1. The lowest BCUT2D eigenvalue weighted by molar-refractivity contribution is 0.314. The Balaban J connectivity index is 1.11. The van der Waals surface area contributed by atoms with Crippen molar-refractivity contribution >= 4 is 10.8 Å². The van der Waals surface area contributed by atoms with Crippen LogP contribution in [0.5, 0.6) is 0 Å². The Bertz CT molecular complexity index is 1280. The van der Waals surface area contributed by atoms with Crippen LogP contribution in [0.15, 0.2) is 71.3 Å². The van der Waals surface area contributed by atoms with Gasteiger partial charge in [-0.3, -0.25) is 0 Å². The molecule has 0 saturated heterocycles. The van der Waals surface area contributed by atoms with Gasteiger partial charge in [0.25, 0.3) is 0 Å². The Kier molecular flexibility index (Phi) is 6.87. The van der Waals surface area contributed by atoms with E-state index in [0.29, 0.717) is 23.9 Å². The molecule has 186 valence electrons. The van der Waals surface area contributed by atoms with E-state index in [1.54, 1.807) is 0 Å². The Morgan fingerprint density at radius 1 is 0.806 bits per heavy atom. The SMILES string of the molecule is C[C@@H](N[C@H]1CCC[C@H](c2ccc(-c3noc(C4CCCCC4)n3)cc2)C1)c1cccc2ccccc12. The molecule has 0 aliphatic heterocycles. The molecule has 2 aliphatic rings. The molecule has 2 aliphatic carbocycles. The highest BCUT2D eigenvalue weighted by Gasteiger charge is 2.26. The fraction of sp³-hybridized carbons (Fsp3) is 0.438. The minimum Gasteiger partial charge on any atom is -0.339 e. The number of aromatic nitrogens is 2. The molecule has 3 aromatic carbocycles. The molecule has 2 fully saturated rings. The summed E-state index contributed by atoms with van der Waals surface area (Å²) >= 11 is 0. The lowest BCUT2D eigenvalue weighted by Gasteiger charge is -2.32. The van der Waals surface area contributed by atoms with Crippen molar-refractivity contribution in [3.05, 3.63) is 83.7 Å². The molecular formula is C32H37N3O. The average molecular weight is 480 g/mol. The molecule has 0 unspecified atom stereocenters. The van der Waals surface area contributed by atoms with Gasteiger partial charge in [0.2, 0.25) is 11.7 Å². The first-order valence-corrected chi connectivity index (χ1v) is 13.9. The predicted octanol–water partition coefficient (Wildman–Crippen LogP) is 8.31. The third-order valence-corrected chi connectivity index (χ3v) is 8.49. The van der Waals surface area contributed by atoms with Crippen LogP contribution in [-0.4, -0.2) is 16.2 Å². The van der Waals surface area contributed by atoms with E-state index in [9.17, 15) is 0 Å². The molecule has 1 aromatic heterocycles. The summed E-state index contributed by atoms with van der Waals surface area (Å²) < 4.78 is 5.65. The summed E-state index contributed by atoms with van der Waals surface area (Å²) in [5.41, 5.74) is 3.88. The minimum absolute atomic E-state index is 0.332. The van der Waals surface area contributed by atoms with Crippen molar-refractivity contribution in [2.75, 3.05) is 0 Å². The zero-order valence-electron chi connectivity index (χ0n) is 21.3. The first-order valence-electron chi connectivity index (χ1n) is 13.9.